The molecule has 5 N–H and O–H groups in total. The Morgan fingerprint density at radius 1 is 0.828 bits per heavy atom. The number of alkyl halides is 3. The monoisotopic (exact) mass is 872 g/mol. The minimum absolute atomic E-state index is 0.00796. The van der Waals surface area contributed by atoms with E-state index >= 15 is 0 Å². The highest BCUT2D eigenvalue weighted by atomic mass is 35.6. The van der Waals surface area contributed by atoms with E-state index in [1.165, 1.54) is 24.5 Å². The van der Waals surface area contributed by atoms with E-state index in [0.29, 0.717) is 6.42 Å². The molecule has 0 bridgehead atoms. The van der Waals surface area contributed by atoms with Crippen LogP contribution in [0.1, 0.15) is 52.8 Å². The number of anilines is 1. The number of amides is 7. The Morgan fingerprint density at radius 2 is 1.47 bits per heavy atom. The standard InChI is InChI=1S/C35H43Cl3N8O12/c36-35(37,38)32(44-33-41-10-2-11-42-33)45-34(53)58-14-3-12-39-25(47)8-15-54-18-20-56-21-19-55-16-9-26(48)40-13-17-57-24-5-1-4-22-28(24)31(52)46(30(22)51)23-6-7-27(49)43-29(23)50/h1-2,4-5,10-11,23,32H,3,6-9,12-21H2,(H,39,47)(H,40,48)(H,45,53)(H,41,42,44)(H,43,49,50). The zero-order valence-electron chi connectivity index (χ0n) is 31.1. The number of ether oxygens (including phenoxy) is 5. The van der Waals surface area contributed by atoms with Crippen molar-refractivity contribution in [3.05, 3.63) is 47.8 Å². The molecule has 1 aromatic carbocycles. The van der Waals surface area contributed by atoms with E-state index in [-0.39, 0.29) is 126 Å². The highest BCUT2D eigenvalue weighted by molar-refractivity contribution is 6.68. The van der Waals surface area contributed by atoms with Crippen LogP contribution >= 0.6 is 34.8 Å². The summed E-state index contributed by atoms with van der Waals surface area (Å²) in [6.07, 6.45) is 1.51. The van der Waals surface area contributed by atoms with Crippen LogP contribution in [0.25, 0.3) is 0 Å². The Bertz CT molecular complexity index is 1750. The van der Waals surface area contributed by atoms with Gasteiger partial charge in [0.25, 0.3) is 11.8 Å². The van der Waals surface area contributed by atoms with Gasteiger partial charge in [0.2, 0.25) is 33.4 Å². The zero-order valence-corrected chi connectivity index (χ0v) is 33.4. The molecule has 2 unspecified atom stereocenters. The Balaban J connectivity index is 0.943. The molecule has 0 aliphatic carbocycles. The molecule has 1 aromatic heterocycles. The van der Waals surface area contributed by atoms with Crippen LogP contribution in [0.5, 0.6) is 5.75 Å². The fourth-order valence-corrected chi connectivity index (χ4v) is 5.66. The van der Waals surface area contributed by atoms with Gasteiger partial charge in [0.05, 0.1) is 63.9 Å². The number of imide groups is 2. The number of benzene rings is 1. The molecule has 0 radical (unpaired) electrons. The number of piperidine rings is 1. The lowest BCUT2D eigenvalue weighted by Crippen LogP contribution is -2.54. The second kappa shape index (κ2) is 23.5. The molecule has 2 aliphatic rings. The van der Waals surface area contributed by atoms with Crippen molar-refractivity contribution in [2.45, 2.75) is 48.1 Å². The maximum atomic E-state index is 13.1. The van der Waals surface area contributed by atoms with E-state index < -0.39 is 45.7 Å². The lowest BCUT2D eigenvalue weighted by atomic mass is 10.0. The third-order valence-electron chi connectivity index (χ3n) is 8.11. The number of nitrogens with one attached hydrogen (secondary N) is 5. The van der Waals surface area contributed by atoms with Crippen molar-refractivity contribution >= 4 is 82.3 Å². The largest absolute Gasteiger partial charge is 0.491 e. The SMILES string of the molecule is O=C(CCOCCOCCOCCC(=O)NCCOc1cccc2c1C(=O)N(C1CCC(=O)NC1=O)C2=O)NCCCOC(=O)NC(Nc1ncccn1)C(Cl)(Cl)Cl. The topological polar surface area (TPSA) is 255 Å². The van der Waals surface area contributed by atoms with Crippen molar-refractivity contribution in [2.75, 3.05) is 71.3 Å². The minimum atomic E-state index is -1.93. The maximum Gasteiger partial charge on any atom is 0.408 e. The summed E-state index contributed by atoms with van der Waals surface area (Å²) in [7, 11) is 0. The first-order valence-corrected chi connectivity index (χ1v) is 19.3. The molecule has 2 aliphatic heterocycles. The average Bonchev–Trinajstić information content (AvgIpc) is 3.44. The lowest BCUT2D eigenvalue weighted by Gasteiger charge is -2.27. The van der Waals surface area contributed by atoms with Crippen molar-refractivity contribution in [1.29, 1.82) is 0 Å². The molecule has 7 amide bonds. The molecule has 2 aromatic rings. The second-order valence-corrected chi connectivity index (χ2v) is 14.7. The van der Waals surface area contributed by atoms with E-state index in [0.717, 1.165) is 4.90 Å². The Labute approximate surface area is 347 Å². The predicted molar refractivity (Wildman–Crippen MR) is 205 cm³/mol. The van der Waals surface area contributed by atoms with E-state index in [9.17, 15) is 33.6 Å². The number of carbonyl (C=O) groups is 7. The van der Waals surface area contributed by atoms with Gasteiger partial charge in [-0.15, -0.1) is 0 Å². The summed E-state index contributed by atoms with van der Waals surface area (Å²) in [6, 6.07) is 5.04. The van der Waals surface area contributed by atoms with Gasteiger partial charge in [0.1, 0.15) is 18.4 Å². The Hall–Kier alpha value is -4.86. The molecule has 23 heteroatoms. The maximum absolute atomic E-state index is 13.1. The predicted octanol–water partition coefficient (Wildman–Crippen LogP) is 1.24. The van der Waals surface area contributed by atoms with E-state index in [1.807, 2.05) is 0 Å². The fourth-order valence-electron chi connectivity index (χ4n) is 5.33. The number of halogens is 3. The van der Waals surface area contributed by atoms with Gasteiger partial charge in [-0.05, 0) is 31.0 Å². The second-order valence-electron chi connectivity index (χ2n) is 12.3. The Morgan fingerprint density at radius 3 is 2.10 bits per heavy atom. The van der Waals surface area contributed by atoms with Crippen LogP contribution in [0, 0.1) is 0 Å². The van der Waals surface area contributed by atoms with Crippen LogP contribution in [-0.4, -0.2) is 138 Å². The number of fused-ring (bicyclic) bond motifs is 1. The van der Waals surface area contributed by atoms with Gasteiger partial charge >= 0.3 is 6.09 Å². The van der Waals surface area contributed by atoms with Crippen molar-refractivity contribution < 1.29 is 57.2 Å². The van der Waals surface area contributed by atoms with Crippen LogP contribution in [0.2, 0.25) is 0 Å². The number of aromatic nitrogens is 2. The zero-order chi connectivity index (χ0) is 41.9. The lowest BCUT2D eigenvalue weighted by molar-refractivity contribution is -0.136. The number of hydrogen-bond acceptors (Lipinski definition) is 15. The van der Waals surface area contributed by atoms with Crippen molar-refractivity contribution in [3.8, 4) is 5.75 Å². The summed E-state index contributed by atoms with van der Waals surface area (Å²) in [4.78, 5) is 95.0. The molecule has 58 heavy (non-hydrogen) atoms. The van der Waals surface area contributed by atoms with Gasteiger partial charge in [0, 0.05) is 38.2 Å². The van der Waals surface area contributed by atoms with Crippen LogP contribution in [0.4, 0.5) is 10.7 Å². The molecule has 0 saturated carbocycles. The quantitative estimate of drug-likeness (QED) is 0.0431. The van der Waals surface area contributed by atoms with Gasteiger partial charge < -0.3 is 39.6 Å². The fraction of sp³-hybridized carbons (Fsp3) is 0.514. The molecule has 3 heterocycles. The highest BCUT2D eigenvalue weighted by Crippen LogP contribution is 2.34. The molecular formula is C35H43Cl3N8O12. The number of alkyl carbamates (subject to hydrolysis) is 1. The summed E-state index contributed by atoms with van der Waals surface area (Å²) in [5.41, 5.74) is 0.122. The molecule has 4 rings (SSSR count). The number of nitrogens with zero attached hydrogens (tertiary/aromatic N) is 3. The minimum Gasteiger partial charge on any atom is -0.491 e. The van der Waals surface area contributed by atoms with E-state index in [4.69, 9.17) is 58.5 Å². The van der Waals surface area contributed by atoms with Crippen LogP contribution in [0.3, 0.4) is 0 Å². The normalized spacial score (nSPS) is 15.6. The van der Waals surface area contributed by atoms with Crippen molar-refractivity contribution in [1.82, 2.24) is 36.1 Å². The summed E-state index contributed by atoms with van der Waals surface area (Å²) in [6.45, 7) is 1.76. The molecule has 1 saturated heterocycles. The molecule has 316 valence electrons. The molecule has 1 fully saturated rings. The van der Waals surface area contributed by atoms with E-state index in [2.05, 4.69) is 36.6 Å². The first-order valence-electron chi connectivity index (χ1n) is 18.1. The van der Waals surface area contributed by atoms with Gasteiger partial charge in [-0.2, -0.15) is 0 Å². The smallest absolute Gasteiger partial charge is 0.408 e. The molecule has 20 nitrogen and oxygen atoms in total. The summed E-state index contributed by atoms with van der Waals surface area (Å²) in [5.74, 6) is -2.75. The van der Waals surface area contributed by atoms with Crippen LogP contribution in [-0.2, 0) is 38.1 Å². The number of carbonyl (C=O) groups excluding carboxylic acids is 7. The molecule has 0 spiro atoms. The van der Waals surface area contributed by atoms with Crippen molar-refractivity contribution in [3.63, 3.8) is 0 Å². The van der Waals surface area contributed by atoms with E-state index in [1.54, 1.807) is 12.1 Å². The summed E-state index contributed by atoms with van der Waals surface area (Å²) in [5, 5.41) is 12.6. The first-order chi connectivity index (χ1) is 27.8. The van der Waals surface area contributed by atoms with Crippen LogP contribution in [0.15, 0.2) is 36.7 Å². The Kier molecular flexibility index (Phi) is 18.6. The van der Waals surface area contributed by atoms with Gasteiger partial charge in [-0.3, -0.25) is 44.3 Å². The number of hydrogen-bond donors (Lipinski definition) is 5. The first kappa shape index (κ1) is 45.8. The number of rotatable bonds is 24. The molecular weight excluding hydrogens is 831 g/mol. The van der Waals surface area contributed by atoms with Gasteiger partial charge in [-0.1, -0.05) is 40.9 Å². The summed E-state index contributed by atoms with van der Waals surface area (Å²) < 4.78 is 25.1. The summed E-state index contributed by atoms with van der Waals surface area (Å²) >= 11 is 17.8. The highest BCUT2D eigenvalue weighted by Gasteiger charge is 2.46. The average molecular weight is 874 g/mol. The van der Waals surface area contributed by atoms with Gasteiger partial charge in [0.15, 0.2) is 6.17 Å². The third kappa shape index (κ3) is 14.8. The van der Waals surface area contributed by atoms with Crippen molar-refractivity contribution in [2.24, 2.45) is 0 Å². The molecule has 2 atom stereocenters. The van der Waals surface area contributed by atoms with Gasteiger partial charge in [-0.25, -0.2) is 14.8 Å². The van der Waals surface area contributed by atoms with Crippen LogP contribution < -0.4 is 31.3 Å². The third-order valence-corrected chi connectivity index (χ3v) is 8.76.